The van der Waals surface area contributed by atoms with E-state index in [4.69, 9.17) is 35.4 Å². The summed E-state index contributed by atoms with van der Waals surface area (Å²) in [7, 11) is -4.17. The Kier molecular flexibility index (Phi) is 7.81. The fourth-order valence-corrected chi connectivity index (χ4v) is 6.64. The van der Waals surface area contributed by atoms with Crippen LogP contribution in [0.5, 0.6) is 0 Å². The zero-order valence-corrected chi connectivity index (χ0v) is 21.0. The molecule has 2 heterocycles. The van der Waals surface area contributed by atoms with Crippen molar-refractivity contribution in [3.8, 4) is 0 Å². The van der Waals surface area contributed by atoms with Crippen LogP contribution in [0, 0.1) is 0 Å². The molecule has 2 aliphatic heterocycles. The lowest BCUT2D eigenvalue weighted by atomic mass is 10.2. The molecule has 6 nitrogen and oxygen atoms in total. The van der Waals surface area contributed by atoms with Gasteiger partial charge in [-0.05, 0) is 37.1 Å². The number of fused-ring (bicyclic) bond motifs is 1. The van der Waals surface area contributed by atoms with Crippen LogP contribution in [0.4, 0.5) is 5.69 Å². The van der Waals surface area contributed by atoms with Gasteiger partial charge in [0.1, 0.15) is 0 Å². The van der Waals surface area contributed by atoms with Crippen molar-refractivity contribution < 1.29 is 19.5 Å². The van der Waals surface area contributed by atoms with Crippen molar-refractivity contribution in [3.05, 3.63) is 43.8 Å². The van der Waals surface area contributed by atoms with Crippen LogP contribution in [-0.2, 0) is 4.79 Å². The van der Waals surface area contributed by atoms with Gasteiger partial charge in [0.2, 0.25) is 6.29 Å². The molecule has 0 aromatic heterocycles. The van der Waals surface area contributed by atoms with Crippen LogP contribution in [-0.4, -0.2) is 42.6 Å². The average Bonchev–Trinajstić information content (AvgIpc) is 3.10. The maximum Gasteiger partial charge on any atom is 0.425 e. The number of carbonyl (C=O) groups excluding carboxylic acids is 1. The summed E-state index contributed by atoms with van der Waals surface area (Å²) in [5.74, 6) is -0.451. The van der Waals surface area contributed by atoms with Gasteiger partial charge < -0.3 is 4.90 Å². The molecular formula is C18H20Cl2N2O4PS3+. The number of nitrogens with zero attached hydrogens (tertiary/aromatic N) is 2. The largest absolute Gasteiger partial charge is 0.425 e. The van der Waals surface area contributed by atoms with E-state index in [-0.39, 0.29) is 4.32 Å². The van der Waals surface area contributed by atoms with Gasteiger partial charge in [-0.3, -0.25) is 9.69 Å². The van der Waals surface area contributed by atoms with Crippen molar-refractivity contribution in [3.63, 3.8) is 0 Å². The summed E-state index contributed by atoms with van der Waals surface area (Å²) >= 11 is 20.2. The normalized spacial score (nSPS) is 19.9. The first-order chi connectivity index (χ1) is 14.0. The Morgan fingerprint density at radius 1 is 1.20 bits per heavy atom. The smallest absolute Gasteiger partial charge is 0.335 e. The number of thiocarbonyl (C=S) groups is 1. The van der Waals surface area contributed by atoms with Gasteiger partial charge in [0.15, 0.2) is 4.32 Å². The summed E-state index contributed by atoms with van der Waals surface area (Å²) in [6.07, 6.45) is 3.31. The molecule has 0 unspecified atom stereocenters. The topological polar surface area (TPSA) is 84.2 Å². The molecule has 0 atom stereocenters. The van der Waals surface area contributed by atoms with Crippen molar-refractivity contribution in [2.24, 2.45) is 0 Å². The first-order valence-electron chi connectivity index (χ1n) is 8.98. The van der Waals surface area contributed by atoms with Crippen molar-refractivity contribution in [2.75, 3.05) is 17.7 Å². The maximum absolute atomic E-state index is 12.7. The molecule has 0 spiro atoms. The highest BCUT2D eigenvalue weighted by molar-refractivity contribution is 8.26. The van der Waals surface area contributed by atoms with Gasteiger partial charge in [0, 0.05) is 11.4 Å². The van der Waals surface area contributed by atoms with E-state index >= 15 is 0 Å². The van der Waals surface area contributed by atoms with Crippen LogP contribution in [0.15, 0.2) is 38.6 Å². The monoisotopic (exact) mass is 525 g/mol. The van der Waals surface area contributed by atoms with Crippen molar-refractivity contribution >= 4 is 82.8 Å². The maximum atomic E-state index is 12.7. The van der Waals surface area contributed by atoms with E-state index in [2.05, 4.69) is 11.8 Å². The summed E-state index contributed by atoms with van der Waals surface area (Å²) in [6, 6.07) is 3.69. The number of thioether (sulfide) groups is 2. The fourth-order valence-electron chi connectivity index (χ4n) is 2.95. The van der Waals surface area contributed by atoms with Gasteiger partial charge in [-0.2, -0.15) is 14.7 Å². The number of halogens is 2. The molecule has 0 bridgehead atoms. The van der Waals surface area contributed by atoms with Gasteiger partial charge in [-0.1, -0.05) is 72.3 Å². The highest BCUT2D eigenvalue weighted by atomic mass is 35.5. The molecule has 1 amide bonds. The van der Waals surface area contributed by atoms with Gasteiger partial charge >= 0.3 is 7.94 Å². The summed E-state index contributed by atoms with van der Waals surface area (Å²) in [5.41, 5.74) is 1.67. The van der Waals surface area contributed by atoms with Gasteiger partial charge in [0.05, 0.1) is 25.7 Å². The number of benzene rings is 1. The third-order valence-corrected chi connectivity index (χ3v) is 8.43. The molecule has 1 aromatic carbocycles. The van der Waals surface area contributed by atoms with E-state index in [9.17, 15) is 19.5 Å². The minimum absolute atomic E-state index is 0.179. The van der Waals surface area contributed by atoms with Crippen molar-refractivity contribution in [1.29, 1.82) is 0 Å². The molecular weight excluding hydrogens is 506 g/mol. The minimum Gasteiger partial charge on any atom is -0.335 e. The Morgan fingerprint density at radius 3 is 2.50 bits per heavy atom. The lowest BCUT2D eigenvalue weighted by molar-refractivity contribution is -0.121. The van der Waals surface area contributed by atoms with E-state index in [0.717, 1.165) is 51.7 Å². The molecule has 1 aromatic rings. The SMILES string of the molecule is CCCCN1/C(=C/C(C)=C2/SC(=S)N(C[P+](O)(O)O)C2=O)Sc2cc(Cl)c(Cl)cc21. The molecule has 1 fully saturated rings. The molecule has 0 aliphatic carbocycles. The van der Waals surface area contributed by atoms with Crippen molar-refractivity contribution in [1.82, 2.24) is 4.90 Å². The lowest BCUT2D eigenvalue weighted by Crippen LogP contribution is -2.30. The number of hydrogen-bond donors (Lipinski definition) is 3. The van der Waals surface area contributed by atoms with Gasteiger partial charge in [0.25, 0.3) is 5.91 Å². The van der Waals surface area contributed by atoms with Crippen LogP contribution >= 0.6 is 66.9 Å². The first-order valence-corrected chi connectivity index (χ1v) is 13.6. The summed E-state index contributed by atoms with van der Waals surface area (Å²) in [5, 5.41) is 1.91. The van der Waals surface area contributed by atoms with E-state index in [0.29, 0.717) is 20.5 Å². The van der Waals surface area contributed by atoms with Crippen LogP contribution < -0.4 is 4.90 Å². The second-order valence-electron chi connectivity index (χ2n) is 6.77. The standard InChI is InChI=1S/C18H20Cl2N2O4PS3/c1-3-4-5-21-13-7-11(19)12(20)8-14(13)29-15(21)6-10(2)16-17(23)22(18(28)30-16)9-27(24,25)26/h6-8,24-26H,3-5,9H2,1-2H3/q+1/b15-6-,16-10+. The Labute approximate surface area is 199 Å². The fraction of sp³-hybridized carbons (Fsp3) is 0.333. The van der Waals surface area contributed by atoms with E-state index in [1.54, 1.807) is 18.7 Å². The zero-order valence-electron chi connectivity index (χ0n) is 16.1. The van der Waals surface area contributed by atoms with Crippen LogP contribution in [0.1, 0.15) is 26.7 Å². The molecule has 12 heteroatoms. The molecule has 0 radical (unpaired) electrons. The Morgan fingerprint density at radius 2 is 1.87 bits per heavy atom. The molecule has 1 saturated heterocycles. The van der Waals surface area contributed by atoms with Crippen LogP contribution in [0.25, 0.3) is 0 Å². The predicted molar refractivity (Wildman–Crippen MR) is 131 cm³/mol. The number of rotatable bonds is 6. The third-order valence-electron chi connectivity index (χ3n) is 4.39. The number of unbranched alkanes of at least 4 members (excludes halogenated alkanes) is 1. The predicted octanol–water partition coefficient (Wildman–Crippen LogP) is 5.38. The number of anilines is 1. The second kappa shape index (κ2) is 9.65. The van der Waals surface area contributed by atoms with E-state index in [1.807, 2.05) is 18.2 Å². The number of hydrogen-bond acceptors (Lipinski definition) is 8. The number of allylic oxidation sites excluding steroid dienone is 2. The molecule has 3 rings (SSSR count). The highest BCUT2D eigenvalue weighted by Gasteiger charge is 2.43. The molecule has 2 aliphatic rings. The zero-order chi connectivity index (χ0) is 22.2. The Bertz CT molecular complexity index is 965. The third kappa shape index (κ3) is 5.34. The quantitative estimate of drug-likeness (QED) is 0.259. The van der Waals surface area contributed by atoms with Crippen molar-refractivity contribution in [2.45, 2.75) is 31.6 Å². The summed E-state index contributed by atoms with van der Waals surface area (Å²) in [4.78, 5) is 45.3. The van der Waals surface area contributed by atoms with Gasteiger partial charge in [-0.15, -0.1) is 0 Å². The number of carbonyl (C=O) groups is 1. The van der Waals surface area contributed by atoms with Gasteiger partial charge in [-0.25, -0.2) is 0 Å². The van der Waals surface area contributed by atoms with Crippen LogP contribution in [0.3, 0.4) is 0 Å². The molecule has 0 saturated carbocycles. The highest BCUT2D eigenvalue weighted by Crippen LogP contribution is 2.50. The molecule has 3 N–H and O–H groups in total. The van der Waals surface area contributed by atoms with E-state index in [1.165, 1.54) is 0 Å². The minimum atomic E-state index is -4.17. The lowest BCUT2D eigenvalue weighted by Gasteiger charge is -2.20. The molecule has 30 heavy (non-hydrogen) atoms. The van der Waals surface area contributed by atoms with Crippen LogP contribution in [0.2, 0.25) is 10.0 Å². The summed E-state index contributed by atoms with van der Waals surface area (Å²) in [6.45, 7) is 4.71. The van der Waals surface area contributed by atoms with E-state index < -0.39 is 20.1 Å². The Balaban J connectivity index is 1.94. The molecule has 162 valence electrons. The first kappa shape index (κ1) is 24.3. The average molecular weight is 526 g/mol. The number of amides is 1. The summed E-state index contributed by atoms with van der Waals surface area (Å²) < 4.78 is 0.179. The second-order valence-corrected chi connectivity index (χ2v) is 12.0. The Hall–Kier alpha value is -0.350.